The fourth-order valence-electron chi connectivity index (χ4n) is 2.86. The van der Waals surface area contributed by atoms with Crippen LogP contribution in [-0.4, -0.2) is 9.97 Å². The van der Waals surface area contributed by atoms with Crippen LogP contribution in [0.25, 0.3) is 0 Å². The Hall–Kier alpha value is -1.48. The molecule has 0 radical (unpaired) electrons. The van der Waals surface area contributed by atoms with Crippen LogP contribution < -0.4 is 0 Å². The lowest BCUT2D eigenvalue weighted by molar-refractivity contribution is 0.653. The number of H-pyrrole nitrogens is 1. The fourth-order valence-corrected chi connectivity index (χ4v) is 3.20. The summed E-state index contributed by atoms with van der Waals surface area (Å²) in [6, 6.07) is 6.60. The SMILES string of the molecule is Cc1ccc(Cc2nc(=S)c3c([nH]2)CCCC3)cc1C. The molecule has 0 fully saturated rings. The van der Waals surface area contributed by atoms with E-state index in [0.717, 1.165) is 29.7 Å². The standard InChI is InChI=1S/C17H20N2S/c1-11-7-8-13(9-12(11)2)10-16-18-15-6-4-3-5-14(15)17(20)19-16/h7-9H,3-6,10H2,1-2H3,(H,18,19,20). The van der Waals surface area contributed by atoms with Crippen LogP contribution in [0.15, 0.2) is 18.2 Å². The van der Waals surface area contributed by atoms with Crippen molar-refractivity contribution >= 4 is 12.2 Å². The molecule has 1 aliphatic carbocycles. The van der Waals surface area contributed by atoms with Crippen LogP contribution >= 0.6 is 12.2 Å². The van der Waals surface area contributed by atoms with Crippen molar-refractivity contribution in [2.75, 3.05) is 0 Å². The van der Waals surface area contributed by atoms with Crippen molar-refractivity contribution in [3.8, 4) is 0 Å². The van der Waals surface area contributed by atoms with Crippen LogP contribution in [0, 0.1) is 18.5 Å². The van der Waals surface area contributed by atoms with Crippen molar-refractivity contribution < 1.29 is 0 Å². The van der Waals surface area contributed by atoms with Crippen molar-refractivity contribution in [2.45, 2.75) is 46.0 Å². The summed E-state index contributed by atoms with van der Waals surface area (Å²) >= 11 is 5.46. The van der Waals surface area contributed by atoms with Gasteiger partial charge in [0, 0.05) is 17.7 Å². The number of aromatic amines is 1. The molecule has 1 aromatic heterocycles. The number of aromatic nitrogens is 2. The van der Waals surface area contributed by atoms with Crippen LogP contribution in [0.4, 0.5) is 0 Å². The summed E-state index contributed by atoms with van der Waals surface area (Å²) in [6.45, 7) is 4.30. The van der Waals surface area contributed by atoms with Gasteiger partial charge >= 0.3 is 0 Å². The molecule has 1 N–H and O–H groups in total. The lowest BCUT2D eigenvalue weighted by Crippen LogP contribution is -2.10. The van der Waals surface area contributed by atoms with Gasteiger partial charge in [-0.1, -0.05) is 30.4 Å². The zero-order valence-electron chi connectivity index (χ0n) is 12.1. The molecule has 2 nitrogen and oxygen atoms in total. The highest BCUT2D eigenvalue weighted by molar-refractivity contribution is 7.71. The summed E-state index contributed by atoms with van der Waals surface area (Å²) in [7, 11) is 0. The first kappa shape index (κ1) is 13.5. The first-order valence-corrected chi connectivity index (χ1v) is 7.71. The average molecular weight is 284 g/mol. The largest absolute Gasteiger partial charge is 0.347 e. The number of hydrogen-bond donors (Lipinski definition) is 1. The van der Waals surface area contributed by atoms with Crippen molar-refractivity contribution in [3.05, 3.63) is 56.6 Å². The maximum Gasteiger partial charge on any atom is 0.133 e. The number of nitrogens with zero attached hydrogens (tertiary/aromatic N) is 1. The summed E-state index contributed by atoms with van der Waals surface area (Å²) in [5.74, 6) is 0.999. The summed E-state index contributed by atoms with van der Waals surface area (Å²) in [6.07, 6.45) is 5.52. The number of nitrogens with one attached hydrogen (secondary N) is 1. The molecule has 0 bridgehead atoms. The predicted octanol–water partition coefficient (Wildman–Crippen LogP) is 4.23. The lowest BCUT2D eigenvalue weighted by atomic mass is 9.97. The molecule has 104 valence electrons. The molecular formula is C17H20N2S. The Bertz CT molecular complexity index is 701. The van der Waals surface area contributed by atoms with Gasteiger partial charge in [-0.3, -0.25) is 0 Å². The smallest absolute Gasteiger partial charge is 0.133 e. The third-order valence-corrected chi connectivity index (χ3v) is 4.54. The van der Waals surface area contributed by atoms with Gasteiger partial charge in [-0.2, -0.15) is 0 Å². The molecule has 0 unspecified atom stereocenters. The van der Waals surface area contributed by atoms with Crippen LogP contribution in [0.5, 0.6) is 0 Å². The molecule has 1 aliphatic rings. The van der Waals surface area contributed by atoms with E-state index in [2.05, 4.69) is 42.0 Å². The molecule has 2 aromatic rings. The number of fused-ring (bicyclic) bond motifs is 1. The van der Waals surface area contributed by atoms with Gasteiger partial charge in [-0.25, -0.2) is 4.98 Å². The Morgan fingerprint density at radius 3 is 2.75 bits per heavy atom. The van der Waals surface area contributed by atoms with Gasteiger partial charge in [0.25, 0.3) is 0 Å². The van der Waals surface area contributed by atoms with Gasteiger partial charge in [0.05, 0.1) is 0 Å². The second kappa shape index (κ2) is 5.49. The summed E-state index contributed by atoms with van der Waals surface area (Å²) < 4.78 is 0.803. The highest BCUT2D eigenvalue weighted by atomic mass is 32.1. The Morgan fingerprint density at radius 2 is 1.95 bits per heavy atom. The topological polar surface area (TPSA) is 28.7 Å². The van der Waals surface area contributed by atoms with Crippen LogP contribution in [-0.2, 0) is 19.3 Å². The molecule has 0 atom stereocenters. The predicted molar refractivity (Wildman–Crippen MR) is 84.8 cm³/mol. The second-order valence-electron chi connectivity index (χ2n) is 5.75. The quantitative estimate of drug-likeness (QED) is 0.836. The molecule has 0 aliphatic heterocycles. The van der Waals surface area contributed by atoms with Gasteiger partial charge in [0.1, 0.15) is 10.5 Å². The van der Waals surface area contributed by atoms with E-state index in [4.69, 9.17) is 12.2 Å². The van der Waals surface area contributed by atoms with Gasteiger partial charge in [0.15, 0.2) is 0 Å². The number of hydrogen-bond acceptors (Lipinski definition) is 2. The fraction of sp³-hybridized carbons (Fsp3) is 0.412. The van der Waals surface area contributed by atoms with E-state index in [1.165, 1.54) is 40.8 Å². The van der Waals surface area contributed by atoms with Gasteiger partial charge < -0.3 is 4.98 Å². The molecular weight excluding hydrogens is 264 g/mol. The van der Waals surface area contributed by atoms with Crippen molar-refractivity contribution in [1.29, 1.82) is 0 Å². The number of benzene rings is 1. The van der Waals surface area contributed by atoms with Gasteiger partial charge in [-0.05, 0) is 56.2 Å². The monoisotopic (exact) mass is 284 g/mol. The van der Waals surface area contributed by atoms with Crippen molar-refractivity contribution in [1.82, 2.24) is 9.97 Å². The minimum absolute atomic E-state index is 0.803. The van der Waals surface area contributed by atoms with Gasteiger partial charge in [0.2, 0.25) is 0 Å². The summed E-state index contributed by atoms with van der Waals surface area (Å²) in [4.78, 5) is 8.10. The Kier molecular flexibility index (Phi) is 3.70. The highest BCUT2D eigenvalue weighted by Crippen LogP contribution is 2.21. The molecule has 0 saturated heterocycles. The van der Waals surface area contributed by atoms with E-state index in [-0.39, 0.29) is 0 Å². The Morgan fingerprint density at radius 1 is 1.15 bits per heavy atom. The molecule has 3 rings (SSSR count). The summed E-state index contributed by atoms with van der Waals surface area (Å²) in [5.41, 5.74) is 6.55. The molecule has 0 spiro atoms. The highest BCUT2D eigenvalue weighted by Gasteiger charge is 2.13. The van der Waals surface area contributed by atoms with E-state index in [1.54, 1.807) is 0 Å². The third kappa shape index (κ3) is 2.68. The Balaban J connectivity index is 1.93. The molecule has 1 heterocycles. The van der Waals surface area contributed by atoms with E-state index < -0.39 is 0 Å². The van der Waals surface area contributed by atoms with E-state index in [1.807, 2.05) is 0 Å². The minimum atomic E-state index is 0.803. The molecule has 1 aromatic carbocycles. The molecule has 0 amide bonds. The van der Waals surface area contributed by atoms with Crippen molar-refractivity contribution in [2.24, 2.45) is 0 Å². The summed E-state index contributed by atoms with van der Waals surface area (Å²) in [5, 5.41) is 0. The molecule has 3 heteroatoms. The lowest BCUT2D eigenvalue weighted by Gasteiger charge is -2.16. The van der Waals surface area contributed by atoms with Crippen LogP contribution in [0.3, 0.4) is 0 Å². The first-order valence-electron chi connectivity index (χ1n) is 7.30. The maximum absolute atomic E-state index is 5.46. The Labute approximate surface area is 125 Å². The van der Waals surface area contributed by atoms with E-state index >= 15 is 0 Å². The number of aryl methyl sites for hydroxylation is 3. The van der Waals surface area contributed by atoms with Crippen LogP contribution in [0.2, 0.25) is 0 Å². The normalized spacial score (nSPS) is 14.1. The maximum atomic E-state index is 5.46. The molecule has 0 saturated carbocycles. The van der Waals surface area contributed by atoms with E-state index in [0.29, 0.717) is 0 Å². The van der Waals surface area contributed by atoms with E-state index in [9.17, 15) is 0 Å². The first-order chi connectivity index (χ1) is 9.63. The zero-order valence-corrected chi connectivity index (χ0v) is 12.9. The van der Waals surface area contributed by atoms with Crippen molar-refractivity contribution in [3.63, 3.8) is 0 Å². The molecule has 20 heavy (non-hydrogen) atoms. The minimum Gasteiger partial charge on any atom is -0.347 e. The number of rotatable bonds is 2. The second-order valence-corrected chi connectivity index (χ2v) is 6.13. The van der Waals surface area contributed by atoms with Crippen LogP contribution in [0.1, 0.15) is 46.6 Å². The zero-order chi connectivity index (χ0) is 14.1. The van der Waals surface area contributed by atoms with Gasteiger partial charge in [-0.15, -0.1) is 0 Å². The average Bonchev–Trinajstić information content (AvgIpc) is 2.43. The third-order valence-electron chi connectivity index (χ3n) is 4.20.